The summed E-state index contributed by atoms with van der Waals surface area (Å²) in [5.41, 5.74) is 0. The molecule has 0 spiro atoms. The van der Waals surface area contributed by atoms with Gasteiger partial charge in [0.1, 0.15) is 0 Å². The van der Waals surface area contributed by atoms with E-state index in [-0.39, 0.29) is 6.10 Å². The van der Waals surface area contributed by atoms with Gasteiger partial charge in [-0.3, -0.25) is 0 Å². The molecule has 0 aliphatic heterocycles. The molecule has 0 rings (SSSR count). The maximum Gasteiger partial charge on any atom is 0.0535 e. The van der Waals surface area contributed by atoms with Crippen LogP contribution >= 0.6 is 0 Å². The molecule has 0 fully saturated rings. The molecule has 0 aromatic carbocycles. The van der Waals surface area contributed by atoms with Crippen LogP contribution in [0.4, 0.5) is 0 Å². The normalized spacial score (nSPS) is 8.67. The van der Waals surface area contributed by atoms with Gasteiger partial charge in [-0.05, 0) is 12.8 Å². The third-order valence-electron chi connectivity index (χ3n) is 0.942. The van der Waals surface area contributed by atoms with Gasteiger partial charge in [-0.15, -0.1) is 0 Å². The minimum atomic E-state index is -0.0648. The lowest BCUT2D eigenvalue weighted by Crippen LogP contribution is -1.99. The average Bonchev–Trinajstić information content (AvgIpc) is 1.88. The molecule has 0 saturated carbocycles. The van der Waals surface area contributed by atoms with Gasteiger partial charge in [0, 0.05) is 0 Å². The van der Waals surface area contributed by atoms with E-state index in [2.05, 4.69) is 13.8 Å². The zero-order chi connectivity index (χ0) is 7.70. The highest BCUT2D eigenvalue weighted by atomic mass is 16.3. The quantitative estimate of drug-likeness (QED) is 0.612. The Morgan fingerprint density at radius 2 is 1.22 bits per heavy atom. The Hall–Kier alpha value is -0.0400. The summed E-state index contributed by atoms with van der Waals surface area (Å²) >= 11 is 0. The average molecular weight is 132 g/mol. The molecule has 0 atom stereocenters. The van der Waals surface area contributed by atoms with Crippen molar-refractivity contribution in [3.8, 4) is 0 Å². The lowest BCUT2D eigenvalue weighted by Gasteiger charge is -1.98. The second-order valence-electron chi connectivity index (χ2n) is 2.18. The van der Waals surface area contributed by atoms with Crippen molar-refractivity contribution in [2.75, 3.05) is 0 Å². The zero-order valence-electron chi connectivity index (χ0n) is 7.15. The number of rotatable bonds is 2. The first-order valence-electron chi connectivity index (χ1n) is 3.90. The van der Waals surface area contributed by atoms with Crippen molar-refractivity contribution < 1.29 is 5.11 Å². The Labute approximate surface area is 59.1 Å². The van der Waals surface area contributed by atoms with Crippen LogP contribution in [0.2, 0.25) is 0 Å². The molecule has 0 bridgehead atoms. The summed E-state index contributed by atoms with van der Waals surface area (Å²) in [4.78, 5) is 0. The largest absolute Gasteiger partial charge is 0.393 e. The van der Waals surface area contributed by atoms with E-state index in [9.17, 15) is 0 Å². The van der Waals surface area contributed by atoms with Gasteiger partial charge in [0.15, 0.2) is 0 Å². The molecule has 0 radical (unpaired) electrons. The topological polar surface area (TPSA) is 20.2 Å². The monoisotopic (exact) mass is 132 g/mol. The van der Waals surface area contributed by atoms with Crippen LogP contribution in [-0.4, -0.2) is 11.2 Å². The van der Waals surface area contributed by atoms with Crippen LogP contribution in [0.25, 0.3) is 0 Å². The summed E-state index contributed by atoms with van der Waals surface area (Å²) < 4.78 is 0. The Balaban J connectivity index is 0. The maximum absolute atomic E-state index is 8.67. The molecule has 9 heavy (non-hydrogen) atoms. The predicted molar refractivity (Wildman–Crippen MR) is 42.6 cm³/mol. The van der Waals surface area contributed by atoms with E-state index < -0.39 is 0 Å². The molecule has 0 aromatic rings. The molecule has 0 aliphatic carbocycles. The second-order valence-corrected chi connectivity index (χ2v) is 2.18. The van der Waals surface area contributed by atoms with E-state index in [0.717, 1.165) is 12.8 Å². The molecule has 1 heteroatoms. The Morgan fingerprint density at radius 3 is 1.22 bits per heavy atom. The summed E-state index contributed by atoms with van der Waals surface area (Å²) in [6.07, 6.45) is 2.96. The number of aliphatic hydroxyl groups excluding tert-OH is 1. The molecule has 0 aromatic heterocycles. The van der Waals surface area contributed by atoms with Crippen LogP contribution < -0.4 is 0 Å². The van der Waals surface area contributed by atoms with Crippen molar-refractivity contribution in [3.63, 3.8) is 0 Å². The first-order valence-corrected chi connectivity index (χ1v) is 3.90. The molecule has 1 nitrogen and oxygen atoms in total. The smallest absolute Gasteiger partial charge is 0.0535 e. The van der Waals surface area contributed by atoms with Crippen LogP contribution in [0.1, 0.15) is 47.0 Å². The molecular formula is C8H20O. The van der Waals surface area contributed by atoms with Gasteiger partial charge in [0.2, 0.25) is 0 Å². The molecule has 0 amide bonds. The summed E-state index contributed by atoms with van der Waals surface area (Å²) in [6.45, 7) is 8.21. The zero-order valence-corrected chi connectivity index (χ0v) is 7.15. The molecular weight excluding hydrogens is 112 g/mol. The Morgan fingerprint density at radius 1 is 1.00 bits per heavy atom. The summed E-state index contributed by atoms with van der Waals surface area (Å²) in [5, 5.41) is 8.67. The standard InChI is InChI=1S/C5H12O.C3H8/c1-3-5(6)4-2;1-3-2/h5-6H,3-4H2,1-2H3;3H2,1-2H3. The predicted octanol–water partition coefficient (Wildman–Crippen LogP) is 2.58. The highest BCUT2D eigenvalue weighted by Crippen LogP contribution is 1.91. The van der Waals surface area contributed by atoms with Gasteiger partial charge in [-0.25, -0.2) is 0 Å². The molecule has 0 heterocycles. The van der Waals surface area contributed by atoms with E-state index >= 15 is 0 Å². The Kier molecular flexibility index (Phi) is 14.1. The van der Waals surface area contributed by atoms with Crippen LogP contribution in [-0.2, 0) is 0 Å². The van der Waals surface area contributed by atoms with E-state index in [4.69, 9.17) is 5.11 Å². The van der Waals surface area contributed by atoms with Crippen LogP contribution in [0.15, 0.2) is 0 Å². The highest BCUT2D eigenvalue weighted by molar-refractivity contribution is 4.43. The van der Waals surface area contributed by atoms with Crippen LogP contribution in [0.3, 0.4) is 0 Å². The van der Waals surface area contributed by atoms with Gasteiger partial charge in [-0.2, -0.15) is 0 Å². The number of hydrogen-bond acceptors (Lipinski definition) is 1. The van der Waals surface area contributed by atoms with E-state index in [1.807, 2.05) is 13.8 Å². The summed E-state index contributed by atoms with van der Waals surface area (Å²) in [5.74, 6) is 0. The molecule has 1 N–H and O–H groups in total. The third-order valence-corrected chi connectivity index (χ3v) is 0.942. The van der Waals surface area contributed by atoms with Crippen molar-refractivity contribution in [1.29, 1.82) is 0 Å². The minimum Gasteiger partial charge on any atom is -0.393 e. The summed E-state index contributed by atoms with van der Waals surface area (Å²) in [6, 6.07) is 0. The minimum absolute atomic E-state index is 0.0648. The molecule has 58 valence electrons. The highest BCUT2D eigenvalue weighted by Gasteiger charge is 1.90. The van der Waals surface area contributed by atoms with Crippen molar-refractivity contribution in [2.24, 2.45) is 0 Å². The van der Waals surface area contributed by atoms with Crippen molar-refractivity contribution >= 4 is 0 Å². The summed E-state index contributed by atoms with van der Waals surface area (Å²) in [7, 11) is 0. The fourth-order valence-electron chi connectivity index (χ4n) is 0.289. The first-order chi connectivity index (χ1) is 4.22. The number of aliphatic hydroxyl groups is 1. The van der Waals surface area contributed by atoms with Crippen molar-refractivity contribution in [1.82, 2.24) is 0 Å². The molecule has 0 aliphatic rings. The molecule has 0 saturated heterocycles. The fraction of sp³-hybridized carbons (Fsp3) is 1.00. The van der Waals surface area contributed by atoms with E-state index in [1.54, 1.807) is 0 Å². The third kappa shape index (κ3) is 18.0. The Bertz CT molecular complexity index is 31.5. The van der Waals surface area contributed by atoms with Gasteiger partial charge in [0.05, 0.1) is 6.10 Å². The van der Waals surface area contributed by atoms with Gasteiger partial charge in [-0.1, -0.05) is 34.1 Å². The fourth-order valence-corrected chi connectivity index (χ4v) is 0.289. The van der Waals surface area contributed by atoms with Crippen molar-refractivity contribution in [2.45, 2.75) is 53.1 Å². The second kappa shape index (κ2) is 10.9. The van der Waals surface area contributed by atoms with Gasteiger partial charge in [0.25, 0.3) is 0 Å². The van der Waals surface area contributed by atoms with Gasteiger partial charge < -0.3 is 5.11 Å². The number of hydrogen-bond donors (Lipinski definition) is 1. The van der Waals surface area contributed by atoms with E-state index in [1.165, 1.54) is 6.42 Å². The SMILES string of the molecule is CCC.CCC(O)CC. The van der Waals surface area contributed by atoms with E-state index in [0.29, 0.717) is 0 Å². The van der Waals surface area contributed by atoms with Crippen LogP contribution in [0, 0.1) is 0 Å². The lowest BCUT2D eigenvalue weighted by molar-refractivity contribution is 0.166. The molecule has 0 unspecified atom stereocenters. The lowest BCUT2D eigenvalue weighted by atomic mass is 10.2. The first kappa shape index (κ1) is 11.7. The van der Waals surface area contributed by atoms with Crippen molar-refractivity contribution in [3.05, 3.63) is 0 Å². The van der Waals surface area contributed by atoms with Crippen LogP contribution in [0.5, 0.6) is 0 Å². The maximum atomic E-state index is 8.67. The van der Waals surface area contributed by atoms with Gasteiger partial charge >= 0.3 is 0 Å².